The molecule has 0 saturated heterocycles. The molecule has 0 heterocycles. The maximum atomic E-state index is 3.38. The monoisotopic (exact) mass is 301 g/mol. The zero-order chi connectivity index (χ0) is 15.6. The third kappa shape index (κ3) is 14.2. The van der Waals surface area contributed by atoms with Crippen molar-refractivity contribution in [1.29, 1.82) is 0 Å². The Bertz CT molecular complexity index is 265. The van der Waals surface area contributed by atoms with Crippen LogP contribution in [0.1, 0.15) is 103 Å². The molecule has 0 heteroatoms. The van der Waals surface area contributed by atoms with E-state index < -0.39 is 0 Å². The standard InChI is InChI=1S/C22H37/c1-2-4-6-8-10-12-14-16-18-20-22-21-19-17-15-13-11-9-7-5-3-1/h1-5H,6,8-22H2/b3-1-,4-2+,7-5?. The topological polar surface area (TPSA) is 0 Å². The fourth-order valence-corrected chi connectivity index (χ4v) is 3.06. The summed E-state index contributed by atoms with van der Waals surface area (Å²) in [5.41, 5.74) is 0. The van der Waals surface area contributed by atoms with Crippen LogP contribution in [0.5, 0.6) is 0 Å². The van der Waals surface area contributed by atoms with Crippen LogP contribution in [0.25, 0.3) is 0 Å². The van der Waals surface area contributed by atoms with Crippen LogP contribution in [0.2, 0.25) is 0 Å². The van der Waals surface area contributed by atoms with Crippen molar-refractivity contribution < 1.29 is 0 Å². The van der Waals surface area contributed by atoms with Crippen molar-refractivity contribution in [2.24, 2.45) is 0 Å². The molecule has 0 N–H and O–H groups in total. The highest BCUT2D eigenvalue weighted by Gasteiger charge is 1.94. The van der Waals surface area contributed by atoms with Crippen molar-refractivity contribution in [3.05, 3.63) is 36.5 Å². The SMILES string of the molecule is [C]1=C/C=C\C=C\CCCCCCCCCCCCCCCC/1. The van der Waals surface area contributed by atoms with E-state index in [1.807, 2.05) is 0 Å². The average Bonchev–Trinajstić information content (AvgIpc) is 2.53. The number of hydrogen-bond acceptors (Lipinski definition) is 0. The summed E-state index contributed by atoms with van der Waals surface area (Å²) in [5, 5.41) is 0. The predicted molar refractivity (Wildman–Crippen MR) is 100.0 cm³/mol. The Hall–Kier alpha value is -0.780. The molecule has 0 aliphatic heterocycles. The highest BCUT2D eigenvalue weighted by molar-refractivity contribution is 5.09. The molecule has 0 spiro atoms. The zero-order valence-corrected chi connectivity index (χ0v) is 14.7. The van der Waals surface area contributed by atoms with E-state index >= 15 is 0 Å². The van der Waals surface area contributed by atoms with Gasteiger partial charge in [-0.15, -0.1) is 0 Å². The van der Waals surface area contributed by atoms with Crippen molar-refractivity contribution in [3.63, 3.8) is 0 Å². The summed E-state index contributed by atoms with van der Waals surface area (Å²) in [5.74, 6) is 0. The van der Waals surface area contributed by atoms with Gasteiger partial charge in [0.05, 0.1) is 0 Å². The summed E-state index contributed by atoms with van der Waals surface area (Å²) in [4.78, 5) is 0. The van der Waals surface area contributed by atoms with Gasteiger partial charge in [0.1, 0.15) is 0 Å². The quantitative estimate of drug-likeness (QED) is 0.429. The molecule has 0 amide bonds. The summed E-state index contributed by atoms with van der Waals surface area (Å²) < 4.78 is 0. The van der Waals surface area contributed by atoms with Gasteiger partial charge in [0.2, 0.25) is 0 Å². The van der Waals surface area contributed by atoms with Gasteiger partial charge in [-0.05, 0) is 31.8 Å². The molecule has 0 nitrogen and oxygen atoms in total. The normalized spacial score (nSPS) is 26.2. The van der Waals surface area contributed by atoms with Gasteiger partial charge >= 0.3 is 0 Å². The lowest BCUT2D eigenvalue weighted by molar-refractivity contribution is 0.534. The largest absolute Gasteiger partial charge is 0.0845 e. The molecular formula is C22H37. The van der Waals surface area contributed by atoms with Crippen LogP contribution in [0.15, 0.2) is 30.4 Å². The van der Waals surface area contributed by atoms with E-state index in [9.17, 15) is 0 Å². The fraction of sp³-hybridized carbons (Fsp3) is 0.727. The summed E-state index contributed by atoms with van der Waals surface area (Å²) in [6.07, 6.45) is 36.5. The molecule has 22 heavy (non-hydrogen) atoms. The molecule has 1 aliphatic carbocycles. The third-order valence-corrected chi connectivity index (χ3v) is 4.51. The smallest absolute Gasteiger partial charge is 0.0276 e. The minimum absolute atomic E-state index is 1.12. The van der Waals surface area contributed by atoms with Crippen LogP contribution in [0.3, 0.4) is 0 Å². The minimum Gasteiger partial charge on any atom is -0.0845 e. The maximum Gasteiger partial charge on any atom is -0.0276 e. The molecular weight excluding hydrogens is 264 g/mol. The van der Waals surface area contributed by atoms with Crippen LogP contribution >= 0.6 is 0 Å². The van der Waals surface area contributed by atoms with E-state index in [1.165, 1.54) is 96.3 Å². The van der Waals surface area contributed by atoms with E-state index in [0.717, 1.165) is 6.42 Å². The van der Waals surface area contributed by atoms with Crippen molar-refractivity contribution in [2.75, 3.05) is 0 Å². The van der Waals surface area contributed by atoms with Gasteiger partial charge in [0.25, 0.3) is 0 Å². The molecule has 0 aromatic rings. The highest BCUT2D eigenvalue weighted by Crippen LogP contribution is 2.13. The van der Waals surface area contributed by atoms with Crippen molar-refractivity contribution in [3.8, 4) is 0 Å². The molecule has 0 aromatic heterocycles. The van der Waals surface area contributed by atoms with Crippen LogP contribution in [0.4, 0.5) is 0 Å². The summed E-state index contributed by atoms with van der Waals surface area (Å²) in [6, 6.07) is 0. The molecule has 1 rings (SSSR count). The second-order valence-electron chi connectivity index (χ2n) is 6.67. The van der Waals surface area contributed by atoms with Crippen molar-refractivity contribution in [1.82, 2.24) is 0 Å². The number of allylic oxidation sites excluding steroid dienone is 6. The molecule has 1 radical (unpaired) electrons. The maximum absolute atomic E-state index is 3.38. The van der Waals surface area contributed by atoms with Crippen LogP contribution in [-0.2, 0) is 0 Å². The Balaban J connectivity index is 2.16. The highest BCUT2D eigenvalue weighted by atomic mass is 14.0. The van der Waals surface area contributed by atoms with Crippen LogP contribution in [-0.4, -0.2) is 0 Å². The van der Waals surface area contributed by atoms with E-state index in [2.05, 4.69) is 36.5 Å². The van der Waals surface area contributed by atoms with E-state index in [-0.39, 0.29) is 0 Å². The second kappa shape index (κ2) is 16.6. The molecule has 1 aliphatic rings. The van der Waals surface area contributed by atoms with Gasteiger partial charge in [-0.2, -0.15) is 0 Å². The lowest BCUT2D eigenvalue weighted by Crippen LogP contribution is -1.83. The van der Waals surface area contributed by atoms with E-state index in [0.29, 0.717) is 0 Å². The van der Waals surface area contributed by atoms with Gasteiger partial charge in [-0.3, -0.25) is 0 Å². The van der Waals surface area contributed by atoms with Crippen LogP contribution < -0.4 is 0 Å². The molecule has 0 atom stereocenters. The Labute approximate surface area is 139 Å². The molecule has 0 fully saturated rings. The number of rotatable bonds is 0. The fourth-order valence-electron chi connectivity index (χ4n) is 3.06. The van der Waals surface area contributed by atoms with Gasteiger partial charge < -0.3 is 0 Å². The van der Waals surface area contributed by atoms with Gasteiger partial charge in [-0.1, -0.05) is 107 Å². The molecule has 0 bridgehead atoms. The summed E-state index contributed by atoms with van der Waals surface area (Å²) in [7, 11) is 0. The minimum atomic E-state index is 1.12. The zero-order valence-electron chi connectivity index (χ0n) is 14.7. The Morgan fingerprint density at radius 1 is 0.455 bits per heavy atom. The Kier molecular flexibility index (Phi) is 14.5. The molecule has 0 aromatic carbocycles. The average molecular weight is 302 g/mol. The van der Waals surface area contributed by atoms with E-state index in [4.69, 9.17) is 0 Å². The molecule has 0 unspecified atom stereocenters. The summed E-state index contributed by atoms with van der Waals surface area (Å²) in [6.45, 7) is 0. The summed E-state index contributed by atoms with van der Waals surface area (Å²) >= 11 is 0. The lowest BCUT2D eigenvalue weighted by atomic mass is 10.0. The van der Waals surface area contributed by atoms with E-state index in [1.54, 1.807) is 0 Å². The lowest BCUT2D eigenvalue weighted by Gasteiger charge is -2.03. The third-order valence-electron chi connectivity index (χ3n) is 4.51. The van der Waals surface area contributed by atoms with Gasteiger partial charge in [0, 0.05) is 0 Å². The first-order valence-corrected chi connectivity index (χ1v) is 9.88. The first-order chi connectivity index (χ1) is 11.0. The van der Waals surface area contributed by atoms with Crippen molar-refractivity contribution in [2.45, 2.75) is 103 Å². The second-order valence-corrected chi connectivity index (χ2v) is 6.67. The predicted octanol–water partition coefficient (Wildman–Crippen LogP) is 7.71. The molecule has 125 valence electrons. The van der Waals surface area contributed by atoms with Gasteiger partial charge in [0.15, 0.2) is 0 Å². The first-order valence-electron chi connectivity index (χ1n) is 9.88. The first kappa shape index (κ1) is 19.3. The van der Waals surface area contributed by atoms with Gasteiger partial charge in [-0.25, -0.2) is 0 Å². The molecule has 0 saturated carbocycles. The van der Waals surface area contributed by atoms with Crippen molar-refractivity contribution >= 4 is 0 Å². The Morgan fingerprint density at radius 2 is 0.955 bits per heavy atom. The Morgan fingerprint density at radius 3 is 1.55 bits per heavy atom. The number of hydrogen-bond donors (Lipinski definition) is 0. The van der Waals surface area contributed by atoms with Crippen LogP contribution in [0, 0.1) is 6.08 Å².